The summed E-state index contributed by atoms with van der Waals surface area (Å²) in [5, 5.41) is 4.16. The van der Waals surface area contributed by atoms with Crippen molar-refractivity contribution in [1.82, 2.24) is 29.5 Å². The summed E-state index contributed by atoms with van der Waals surface area (Å²) in [5.41, 5.74) is 1.73. The third kappa shape index (κ3) is 4.31. The maximum atomic E-state index is 13.0. The Labute approximate surface area is 182 Å². The second kappa shape index (κ2) is 8.94. The van der Waals surface area contributed by atoms with E-state index in [1.54, 1.807) is 17.1 Å². The fraction of sp³-hybridized carbons (Fsp3) is 0.652. The summed E-state index contributed by atoms with van der Waals surface area (Å²) in [6.07, 6.45) is 13.6. The summed E-state index contributed by atoms with van der Waals surface area (Å²) in [7, 11) is 0. The number of piperidine rings is 1. The van der Waals surface area contributed by atoms with E-state index in [1.165, 1.54) is 32.1 Å². The van der Waals surface area contributed by atoms with E-state index in [2.05, 4.69) is 15.0 Å². The number of fused-ring (bicyclic) bond motifs is 1. The molecule has 2 aromatic rings. The number of H-pyrrole nitrogens is 1. The fourth-order valence-corrected chi connectivity index (χ4v) is 5.52. The number of carbonyl (C=O) groups is 1. The van der Waals surface area contributed by atoms with E-state index >= 15 is 0 Å². The maximum Gasteiger partial charge on any atom is 0.255 e. The molecule has 8 heteroatoms. The summed E-state index contributed by atoms with van der Waals surface area (Å²) in [4.78, 5) is 38.4. The van der Waals surface area contributed by atoms with Gasteiger partial charge < -0.3 is 9.88 Å². The Kier molecular flexibility index (Phi) is 5.89. The van der Waals surface area contributed by atoms with E-state index in [-0.39, 0.29) is 24.1 Å². The zero-order chi connectivity index (χ0) is 21.2. The molecule has 1 saturated heterocycles. The van der Waals surface area contributed by atoms with Crippen LogP contribution in [0.1, 0.15) is 74.5 Å². The van der Waals surface area contributed by atoms with Gasteiger partial charge in [-0.15, -0.1) is 0 Å². The SMILES string of the molecule is O=C(Cn1cccn1)N1CCCCC1c1nc2c(c(=O)[nH]1)CN(C1CCCCC1)CC2. The van der Waals surface area contributed by atoms with Crippen molar-refractivity contribution in [3.05, 3.63) is 45.9 Å². The molecule has 2 aliphatic heterocycles. The lowest BCUT2D eigenvalue weighted by Crippen LogP contribution is -2.44. The minimum Gasteiger partial charge on any atom is -0.331 e. The monoisotopic (exact) mass is 424 g/mol. The Hall–Kier alpha value is -2.48. The Morgan fingerprint density at radius 2 is 1.94 bits per heavy atom. The number of hydrogen-bond donors (Lipinski definition) is 1. The van der Waals surface area contributed by atoms with Gasteiger partial charge in [0.1, 0.15) is 12.4 Å². The maximum absolute atomic E-state index is 13.0. The van der Waals surface area contributed by atoms with E-state index < -0.39 is 0 Å². The number of hydrogen-bond acceptors (Lipinski definition) is 5. The molecule has 2 aromatic heterocycles. The fourth-order valence-electron chi connectivity index (χ4n) is 5.52. The lowest BCUT2D eigenvalue weighted by molar-refractivity contribution is -0.136. The second-order valence-corrected chi connectivity index (χ2v) is 9.19. The van der Waals surface area contributed by atoms with Crippen LogP contribution in [0.3, 0.4) is 0 Å². The molecule has 0 bridgehead atoms. The predicted molar refractivity (Wildman–Crippen MR) is 116 cm³/mol. The van der Waals surface area contributed by atoms with Crippen LogP contribution in [0.4, 0.5) is 0 Å². The summed E-state index contributed by atoms with van der Waals surface area (Å²) in [6.45, 7) is 2.59. The Balaban J connectivity index is 1.35. The van der Waals surface area contributed by atoms with E-state index in [4.69, 9.17) is 4.98 Å². The molecule has 3 aliphatic rings. The van der Waals surface area contributed by atoms with Gasteiger partial charge in [-0.05, 0) is 38.2 Å². The molecular formula is C23H32N6O2. The zero-order valence-electron chi connectivity index (χ0n) is 18.1. The highest BCUT2D eigenvalue weighted by atomic mass is 16.2. The second-order valence-electron chi connectivity index (χ2n) is 9.19. The lowest BCUT2D eigenvalue weighted by Gasteiger charge is -2.38. The minimum absolute atomic E-state index is 0.0226. The van der Waals surface area contributed by atoms with Crippen LogP contribution in [-0.4, -0.2) is 54.6 Å². The van der Waals surface area contributed by atoms with Gasteiger partial charge in [-0.25, -0.2) is 4.98 Å². The molecule has 166 valence electrons. The Morgan fingerprint density at radius 1 is 1.10 bits per heavy atom. The third-order valence-corrected chi connectivity index (χ3v) is 7.20. The summed E-state index contributed by atoms with van der Waals surface area (Å²) < 4.78 is 1.65. The molecule has 5 rings (SSSR count). The summed E-state index contributed by atoms with van der Waals surface area (Å²) >= 11 is 0. The highest BCUT2D eigenvalue weighted by Gasteiger charge is 2.32. The molecule has 4 heterocycles. The van der Waals surface area contributed by atoms with Crippen molar-refractivity contribution in [2.24, 2.45) is 0 Å². The molecule has 8 nitrogen and oxygen atoms in total. The van der Waals surface area contributed by atoms with E-state index in [1.807, 2.05) is 11.0 Å². The molecule has 31 heavy (non-hydrogen) atoms. The van der Waals surface area contributed by atoms with Crippen molar-refractivity contribution in [2.75, 3.05) is 13.1 Å². The largest absolute Gasteiger partial charge is 0.331 e. The molecule has 1 atom stereocenters. The molecule has 1 amide bonds. The van der Waals surface area contributed by atoms with Crippen molar-refractivity contribution in [1.29, 1.82) is 0 Å². The van der Waals surface area contributed by atoms with Crippen LogP contribution in [0.15, 0.2) is 23.3 Å². The Morgan fingerprint density at radius 3 is 2.74 bits per heavy atom. The van der Waals surface area contributed by atoms with Gasteiger partial charge in [-0.3, -0.25) is 19.2 Å². The van der Waals surface area contributed by atoms with Gasteiger partial charge in [0.15, 0.2) is 0 Å². The summed E-state index contributed by atoms with van der Waals surface area (Å²) in [6, 6.07) is 2.26. The average Bonchev–Trinajstić information content (AvgIpc) is 3.32. The highest BCUT2D eigenvalue weighted by Crippen LogP contribution is 2.30. The van der Waals surface area contributed by atoms with Gasteiger partial charge >= 0.3 is 0 Å². The molecule has 1 unspecified atom stereocenters. The first-order chi connectivity index (χ1) is 15.2. The van der Waals surface area contributed by atoms with E-state index in [9.17, 15) is 9.59 Å². The number of likely N-dealkylation sites (tertiary alicyclic amines) is 1. The van der Waals surface area contributed by atoms with Gasteiger partial charge in [0.25, 0.3) is 5.56 Å². The molecule has 0 radical (unpaired) electrons. The number of nitrogens with zero attached hydrogens (tertiary/aromatic N) is 5. The first-order valence-corrected chi connectivity index (χ1v) is 11.8. The van der Waals surface area contributed by atoms with Crippen molar-refractivity contribution in [3.8, 4) is 0 Å². The standard InChI is InChI=1S/C23H32N6O2/c30-21(16-28-12-6-11-24-28)29-13-5-4-9-20(29)22-25-19-10-14-27(15-18(19)23(31)26-22)17-7-2-1-3-8-17/h6,11-12,17,20H,1-5,7-10,13-16H2,(H,25,26,31). The zero-order valence-corrected chi connectivity index (χ0v) is 18.1. The summed E-state index contributed by atoms with van der Waals surface area (Å²) in [5.74, 6) is 0.681. The van der Waals surface area contributed by atoms with Crippen molar-refractivity contribution < 1.29 is 4.79 Å². The average molecular weight is 425 g/mol. The van der Waals surface area contributed by atoms with E-state index in [0.29, 0.717) is 25.0 Å². The van der Waals surface area contributed by atoms with Crippen LogP contribution in [0.2, 0.25) is 0 Å². The van der Waals surface area contributed by atoms with Gasteiger partial charge in [0.2, 0.25) is 5.91 Å². The first kappa shape index (κ1) is 20.4. The molecule has 1 saturated carbocycles. The smallest absolute Gasteiger partial charge is 0.255 e. The lowest BCUT2D eigenvalue weighted by atomic mass is 9.92. The topological polar surface area (TPSA) is 87.1 Å². The van der Waals surface area contributed by atoms with Crippen LogP contribution in [0.25, 0.3) is 0 Å². The molecule has 0 spiro atoms. The number of rotatable bonds is 4. The number of aromatic nitrogens is 4. The molecule has 2 fully saturated rings. The van der Waals surface area contributed by atoms with Crippen LogP contribution < -0.4 is 5.56 Å². The minimum atomic E-state index is -0.161. The normalized spacial score (nSPS) is 23.0. The van der Waals surface area contributed by atoms with Crippen LogP contribution >= 0.6 is 0 Å². The van der Waals surface area contributed by atoms with Gasteiger partial charge in [0.05, 0.1) is 17.3 Å². The van der Waals surface area contributed by atoms with E-state index in [0.717, 1.165) is 43.5 Å². The first-order valence-electron chi connectivity index (χ1n) is 11.8. The molecule has 1 aliphatic carbocycles. The highest BCUT2D eigenvalue weighted by molar-refractivity contribution is 5.76. The molecular weight excluding hydrogens is 392 g/mol. The molecule has 0 aromatic carbocycles. The van der Waals surface area contributed by atoms with Gasteiger partial charge in [0, 0.05) is 44.5 Å². The van der Waals surface area contributed by atoms with Crippen molar-refractivity contribution in [3.63, 3.8) is 0 Å². The predicted octanol–water partition coefficient (Wildman–Crippen LogP) is 2.41. The number of aromatic amines is 1. The number of amides is 1. The Bertz CT molecular complexity index is 963. The van der Waals surface area contributed by atoms with Crippen LogP contribution in [0.5, 0.6) is 0 Å². The number of nitrogens with one attached hydrogen (secondary N) is 1. The molecule has 1 N–H and O–H groups in total. The van der Waals surface area contributed by atoms with Gasteiger partial charge in [-0.2, -0.15) is 5.10 Å². The van der Waals surface area contributed by atoms with Gasteiger partial charge in [-0.1, -0.05) is 19.3 Å². The number of carbonyl (C=O) groups excluding carboxylic acids is 1. The van der Waals surface area contributed by atoms with Crippen molar-refractivity contribution >= 4 is 5.91 Å². The van der Waals surface area contributed by atoms with Crippen LogP contribution in [0, 0.1) is 0 Å². The quantitative estimate of drug-likeness (QED) is 0.814. The third-order valence-electron chi connectivity index (χ3n) is 7.20. The van der Waals surface area contributed by atoms with Crippen molar-refractivity contribution in [2.45, 2.75) is 83.0 Å². The van der Waals surface area contributed by atoms with Crippen LogP contribution in [-0.2, 0) is 24.3 Å².